The second-order valence-electron chi connectivity index (χ2n) is 3.72. The van der Waals surface area contributed by atoms with Crippen LogP contribution in [0.15, 0.2) is 40.0 Å². The predicted octanol–water partition coefficient (Wildman–Crippen LogP) is 1.63. The predicted molar refractivity (Wildman–Crippen MR) is 74.8 cm³/mol. The number of rotatable bonds is 2. The van der Waals surface area contributed by atoms with E-state index in [0.717, 1.165) is 15.8 Å². The molecule has 3 nitrogen and oxygen atoms in total. The molecule has 0 aliphatic heterocycles. The lowest BCUT2D eigenvalue weighted by atomic mass is 10.2. The second-order valence-corrected chi connectivity index (χ2v) is 4.74. The summed E-state index contributed by atoms with van der Waals surface area (Å²) >= 11 is 1.51. The summed E-state index contributed by atoms with van der Waals surface area (Å²) in [6.45, 7) is -0.127. The lowest BCUT2D eigenvalue weighted by Crippen LogP contribution is -2.16. The maximum Gasteiger partial charge on any atom is 0.251 e. The molecule has 1 aromatic heterocycles. The fraction of sp³-hybridized carbons (Fsp3) is 0.214. The Bertz CT molecular complexity index is 679. The summed E-state index contributed by atoms with van der Waals surface area (Å²) in [6, 6.07) is 9.43. The van der Waals surface area contributed by atoms with Crippen molar-refractivity contribution >= 4 is 22.7 Å². The first kappa shape index (κ1) is 12.7. The number of hydrogen-bond donors (Lipinski definition) is 1. The van der Waals surface area contributed by atoms with E-state index in [1.807, 2.05) is 24.3 Å². The molecule has 0 aliphatic carbocycles. The Morgan fingerprint density at radius 3 is 2.89 bits per heavy atom. The Morgan fingerprint density at radius 1 is 1.33 bits per heavy atom. The van der Waals surface area contributed by atoms with Crippen molar-refractivity contribution in [1.82, 2.24) is 4.57 Å². The van der Waals surface area contributed by atoms with Crippen molar-refractivity contribution in [3.8, 4) is 11.8 Å². The number of aliphatic hydroxyl groups excluding tert-OH is 1. The summed E-state index contributed by atoms with van der Waals surface area (Å²) in [7, 11) is 1.77. The monoisotopic (exact) mass is 259 g/mol. The van der Waals surface area contributed by atoms with E-state index in [-0.39, 0.29) is 12.2 Å². The number of aliphatic hydroxyl groups is 1. The average Bonchev–Trinajstić information content (AvgIpc) is 2.40. The first-order valence-electron chi connectivity index (χ1n) is 5.52. The Morgan fingerprint density at radius 2 is 2.11 bits per heavy atom. The molecule has 1 aromatic carbocycles. The summed E-state index contributed by atoms with van der Waals surface area (Å²) in [5, 5.41) is 9.63. The number of nitrogens with zero attached hydrogens (tertiary/aromatic N) is 1. The van der Waals surface area contributed by atoms with Gasteiger partial charge in [0, 0.05) is 23.4 Å². The maximum atomic E-state index is 11.8. The largest absolute Gasteiger partial charge is 0.384 e. The van der Waals surface area contributed by atoms with Crippen LogP contribution in [0.4, 0.5) is 0 Å². The van der Waals surface area contributed by atoms with E-state index in [1.165, 1.54) is 11.8 Å². The highest BCUT2D eigenvalue weighted by atomic mass is 32.2. The second kappa shape index (κ2) is 5.76. The van der Waals surface area contributed by atoms with Gasteiger partial charge >= 0.3 is 0 Å². The van der Waals surface area contributed by atoms with Crippen molar-refractivity contribution in [1.29, 1.82) is 0 Å². The number of thioether (sulfide) groups is 1. The highest BCUT2D eigenvalue weighted by Gasteiger charge is 2.05. The third kappa shape index (κ3) is 2.58. The van der Waals surface area contributed by atoms with Crippen LogP contribution in [-0.2, 0) is 7.05 Å². The number of fused-ring (bicyclic) bond motifs is 1. The molecule has 0 amide bonds. The summed E-state index contributed by atoms with van der Waals surface area (Å²) < 4.78 is 1.64. The van der Waals surface area contributed by atoms with Gasteiger partial charge in [-0.1, -0.05) is 30.0 Å². The SMILES string of the molecule is Cn1c(=O)cc(SCC#CCO)c2ccccc21. The molecule has 18 heavy (non-hydrogen) atoms. The summed E-state index contributed by atoms with van der Waals surface area (Å²) in [4.78, 5) is 12.7. The first-order chi connectivity index (χ1) is 8.74. The van der Waals surface area contributed by atoms with Gasteiger partial charge < -0.3 is 9.67 Å². The fourth-order valence-corrected chi connectivity index (χ4v) is 2.56. The van der Waals surface area contributed by atoms with E-state index >= 15 is 0 Å². The molecule has 0 radical (unpaired) electrons. The third-order valence-electron chi connectivity index (χ3n) is 2.62. The van der Waals surface area contributed by atoms with Gasteiger partial charge in [0.15, 0.2) is 0 Å². The fourth-order valence-electron chi connectivity index (χ4n) is 1.72. The molecule has 0 bridgehead atoms. The quantitative estimate of drug-likeness (QED) is 0.658. The van der Waals surface area contributed by atoms with Crippen molar-refractivity contribution in [3.05, 3.63) is 40.7 Å². The standard InChI is InChI=1S/C14H13NO2S/c1-15-12-7-3-2-6-11(12)13(10-14(15)17)18-9-5-4-8-16/h2-3,6-7,10,16H,8-9H2,1H3. The van der Waals surface area contributed by atoms with Gasteiger partial charge in [0.1, 0.15) is 6.61 Å². The number of hydrogen-bond acceptors (Lipinski definition) is 3. The average molecular weight is 259 g/mol. The zero-order chi connectivity index (χ0) is 13.0. The summed E-state index contributed by atoms with van der Waals surface area (Å²) in [6.07, 6.45) is 0. The van der Waals surface area contributed by atoms with Crippen molar-refractivity contribution in [2.75, 3.05) is 12.4 Å². The Labute approximate surface area is 109 Å². The molecule has 0 saturated carbocycles. The normalized spacial score (nSPS) is 10.1. The lowest BCUT2D eigenvalue weighted by molar-refractivity contribution is 0.350. The minimum atomic E-state index is -0.127. The zero-order valence-corrected chi connectivity index (χ0v) is 10.8. The van der Waals surface area contributed by atoms with Gasteiger partial charge in [0.05, 0.1) is 11.3 Å². The van der Waals surface area contributed by atoms with Gasteiger partial charge in [0.25, 0.3) is 5.56 Å². The number of aryl methyl sites for hydroxylation is 1. The van der Waals surface area contributed by atoms with E-state index in [0.29, 0.717) is 5.75 Å². The molecule has 0 aliphatic rings. The van der Waals surface area contributed by atoms with Crippen LogP contribution in [-0.4, -0.2) is 22.0 Å². The Balaban J connectivity index is 2.44. The van der Waals surface area contributed by atoms with E-state index in [9.17, 15) is 4.79 Å². The molecule has 1 heterocycles. The van der Waals surface area contributed by atoms with E-state index in [2.05, 4.69) is 11.8 Å². The molecule has 0 atom stereocenters. The topological polar surface area (TPSA) is 42.2 Å². The lowest BCUT2D eigenvalue weighted by Gasteiger charge is -2.08. The van der Waals surface area contributed by atoms with Gasteiger partial charge in [-0.15, -0.1) is 11.8 Å². The van der Waals surface area contributed by atoms with E-state index < -0.39 is 0 Å². The number of aromatic nitrogens is 1. The third-order valence-corrected chi connectivity index (χ3v) is 3.56. The smallest absolute Gasteiger partial charge is 0.251 e. The molecule has 0 spiro atoms. The van der Waals surface area contributed by atoms with Crippen molar-refractivity contribution in [3.63, 3.8) is 0 Å². The van der Waals surface area contributed by atoms with Gasteiger partial charge in [-0.3, -0.25) is 4.79 Å². The van der Waals surface area contributed by atoms with Crippen LogP contribution in [0, 0.1) is 11.8 Å². The molecule has 2 aromatic rings. The molecule has 0 unspecified atom stereocenters. The van der Waals surface area contributed by atoms with Crippen LogP contribution >= 0.6 is 11.8 Å². The number of para-hydroxylation sites is 1. The van der Waals surface area contributed by atoms with Crippen molar-refractivity contribution in [2.45, 2.75) is 4.90 Å². The van der Waals surface area contributed by atoms with Crippen LogP contribution in [0.1, 0.15) is 0 Å². The first-order valence-corrected chi connectivity index (χ1v) is 6.50. The molecule has 4 heteroatoms. The molecular formula is C14H13NO2S. The van der Waals surface area contributed by atoms with Crippen molar-refractivity contribution in [2.24, 2.45) is 7.05 Å². The molecule has 2 rings (SSSR count). The van der Waals surface area contributed by atoms with Gasteiger partial charge in [0.2, 0.25) is 0 Å². The van der Waals surface area contributed by atoms with Crippen LogP contribution < -0.4 is 5.56 Å². The van der Waals surface area contributed by atoms with Gasteiger partial charge in [-0.05, 0) is 6.07 Å². The number of benzene rings is 1. The Kier molecular flexibility index (Phi) is 4.08. The summed E-state index contributed by atoms with van der Waals surface area (Å²) in [5.41, 5.74) is 0.897. The molecule has 92 valence electrons. The molecule has 0 fully saturated rings. The van der Waals surface area contributed by atoms with Gasteiger partial charge in [-0.25, -0.2) is 0 Å². The molecular weight excluding hydrogens is 246 g/mol. The van der Waals surface area contributed by atoms with Gasteiger partial charge in [-0.2, -0.15) is 0 Å². The minimum Gasteiger partial charge on any atom is -0.384 e. The minimum absolute atomic E-state index is 0.0219. The maximum absolute atomic E-state index is 11.8. The Hall–Kier alpha value is -1.70. The summed E-state index contributed by atoms with van der Waals surface area (Å²) in [5.74, 6) is 6.00. The van der Waals surface area contributed by atoms with Crippen LogP contribution in [0.25, 0.3) is 10.9 Å². The molecule has 0 saturated heterocycles. The van der Waals surface area contributed by atoms with Crippen LogP contribution in [0.5, 0.6) is 0 Å². The molecule has 1 N–H and O–H groups in total. The zero-order valence-electron chi connectivity index (χ0n) is 10.0. The highest BCUT2D eigenvalue weighted by Crippen LogP contribution is 2.25. The van der Waals surface area contributed by atoms with Crippen LogP contribution in [0.3, 0.4) is 0 Å². The highest BCUT2D eigenvalue weighted by molar-refractivity contribution is 7.99. The van der Waals surface area contributed by atoms with Crippen molar-refractivity contribution < 1.29 is 5.11 Å². The number of pyridine rings is 1. The van der Waals surface area contributed by atoms with Crippen LogP contribution in [0.2, 0.25) is 0 Å². The van der Waals surface area contributed by atoms with E-state index in [4.69, 9.17) is 5.11 Å². The van der Waals surface area contributed by atoms with E-state index in [1.54, 1.807) is 17.7 Å².